The lowest BCUT2D eigenvalue weighted by Crippen LogP contribution is -1.92. The van der Waals surface area contributed by atoms with Crippen LogP contribution in [0.15, 0.2) is 158 Å². The van der Waals surface area contributed by atoms with E-state index in [0.29, 0.717) is 0 Å². The number of benzene rings is 8. The van der Waals surface area contributed by atoms with Crippen LogP contribution in [0.1, 0.15) is 11.1 Å². The fourth-order valence-electron chi connectivity index (χ4n) is 6.85. The molecule has 0 heterocycles. The quantitative estimate of drug-likeness (QED) is 0.188. The van der Waals surface area contributed by atoms with Crippen LogP contribution in [0.4, 0.5) is 0 Å². The maximum absolute atomic E-state index is 2.39. The van der Waals surface area contributed by atoms with Crippen LogP contribution in [0, 0.1) is 13.8 Å². The zero-order valence-electron chi connectivity index (χ0n) is 25.0. The Kier molecular flexibility index (Phi) is 6.35. The summed E-state index contributed by atoms with van der Waals surface area (Å²) in [7, 11) is 0. The van der Waals surface area contributed by atoms with Gasteiger partial charge in [-0.15, -0.1) is 0 Å². The van der Waals surface area contributed by atoms with E-state index >= 15 is 0 Å². The molecule has 0 aliphatic rings. The lowest BCUT2D eigenvalue weighted by molar-refractivity contribution is 1.46. The number of aryl methyl sites for hydroxylation is 2. The maximum Gasteiger partial charge on any atom is -0.00259 e. The predicted octanol–water partition coefficient (Wildman–Crippen LogP) is 12.4. The second kappa shape index (κ2) is 10.7. The van der Waals surface area contributed by atoms with Crippen molar-refractivity contribution in [2.24, 2.45) is 0 Å². The molecule has 0 amide bonds. The van der Waals surface area contributed by atoms with E-state index < -0.39 is 0 Å². The Hall–Kier alpha value is -5.46. The molecule has 8 aromatic rings. The topological polar surface area (TPSA) is 0 Å². The molecule has 0 aromatic heterocycles. The van der Waals surface area contributed by atoms with Crippen molar-refractivity contribution >= 4 is 32.3 Å². The smallest absolute Gasteiger partial charge is 0.00259 e. The Morgan fingerprint density at radius 2 is 0.727 bits per heavy atom. The van der Waals surface area contributed by atoms with E-state index in [1.807, 2.05) is 0 Å². The first-order chi connectivity index (χ1) is 21.6. The van der Waals surface area contributed by atoms with Gasteiger partial charge in [0, 0.05) is 0 Å². The first-order valence-electron chi connectivity index (χ1n) is 15.3. The summed E-state index contributed by atoms with van der Waals surface area (Å²) < 4.78 is 0. The highest BCUT2D eigenvalue weighted by Crippen LogP contribution is 2.45. The molecule has 0 N–H and O–H groups in total. The first kappa shape index (κ1) is 26.2. The van der Waals surface area contributed by atoms with Gasteiger partial charge in [0.1, 0.15) is 0 Å². The molecule has 0 atom stereocenters. The summed E-state index contributed by atoms with van der Waals surface area (Å²) >= 11 is 0. The third-order valence-corrected chi connectivity index (χ3v) is 8.89. The van der Waals surface area contributed by atoms with E-state index in [-0.39, 0.29) is 0 Å². The van der Waals surface area contributed by atoms with Crippen LogP contribution in [0.5, 0.6) is 0 Å². The fraction of sp³-hybridized carbons (Fsp3) is 0.0455. The summed E-state index contributed by atoms with van der Waals surface area (Å²) in [4.78, 5) is 0. The van der Waals surface area contributed by atoms with Gasteiger partial charge in [0.05, 0.1) is 0 Å². The molecule has 0 heteroatoms. The number of rotatable bonds is 4. The van der Waals surface area contributed by atoms with Gasteiger partial charge in [0.15, 0.2) is 0 Å². The van der Waals surface area contributed by atoms with Crippen molar-refractivity contribution in [1.82, 2.24) is 0 Å². The van der Waals surface area contributed by atoms with E-state index in [1.165, 1.54) is 88.0 Å². The van der Waals surface area contributed by atoms with Crippen LogP contribution in [-0.2, 0) is 0 Å². The second-order valence-corrected chi connectivity index (χ2v) is 11.9. The van der Waals surface area contributed by atoms with Crippen molar-refractivity contribution in [2.45, 2.75) is 13.8 Å². The average Bonchev–Trinajstić information content (AvgIpc) is 3.06. The molecule has 8 rings (SSSR count). The summed E-state index contributed by atoms with van der Waals surface area (Å²) in [6.45, 7) is 4.34. The van der Waals surface area contributed by atoms with Crippen LogP contribution in [0.2, 0.25) is 0 Å². The Balaban J connectivity index is 1.46. The zero-order chi connectivity index (χ0) is 29.6. The van der Waals surface area contributed by atoms with Crippen LogP contribution in [-0.4, -0.2) is 0 Å². The standard InChI is InChI=1S/C44H32/c1-29-11-9-15-32(23-29)36-26-37(33-16-10-12-30(2)24-33)28-38(27-36)44-41-19-7-5-17-39(41)43(40-18-6-8-20-42(40)44)35-22-21-31-13-3-4-14-34(31)25-35/h3-28H,1-2H3. The van der Waals surface area contributed by atoms with Crippen LogP contribution < -0.4 is 0 Å². The van der Waals surface area contributed by atoms with Crippen molar-refractivity contribution in [2.75, 3.05) is 0 Å². The normalized spacial score (nSPS) is 11.4. The minimum absolute atomic E-state index is 1.23. The highest BCUT2D eigenvalue weighted by molar-refractivity contribution is 6.22. The van der Waals surface area contributed by atoms with Crippen LogP contribution in [0.3, 0.4) is 0 Å². The zero-order valence-corrected chi connectivity index (χ0v) is 25.0. The van der Waals surface area contributed by atoms with Gasteiger partial charge < -0.3 is 0 Å². The van der Waals surface area contributed by atoms with Crippen molar-refractivity contribution in [3.8, 4) is 44.5 Å². The van der Waals surface area contributed by atoms with Gasteiger partial charge >= 0.3 is 0 Å². The lowest BCUT2D eigenvalue weighted by Gasteiger charge is -2.19. The van der Waals surface area contributed by atoms with Gasteiger partial charge in [-0.3, -0.25) is 0 Å². The van der Waals surface area contributed by atoms with Crippen LogP contribution in [0.25, 0.3) is 76.8 Å². The van der Waals surface area contributed by atoms with Gasteiger partial charge in [-0.05, 0) is 115 Å². The van der Waals surface area contributed by atoms with Gasteiger partial charge in [-0.25, -0.2) is 0 Å². The highest BCUT2D eigenvalue weighted by Gasteiger charge is 2.18. The molecule has 0 aliphatic heterocycles. The molecule has 0 spiro atoms. The summed E-state index contributed by atoms with van der Waals surface area (Å²) in [6.07, 6.45) is 0. The molecule has 0 radical (unpaired) electrons. The second-order valence-electron chi connectivity index (χ2n) is 11.9. The summed E-state index contributed by atoms with van der Waals surface area (Å²) in [5, 5.41) is 7.61. The third-order valence-electron chi connectivity index (χ3n) is 8.89. The molecule has 44 heavy (non-hydrogen) atoms. The summed E-state index contributed by atoms with van der Waals surface area (Å²) in [5.74, 6) is 0. The Labute approximate surface area is 258 Å². The molecule has 0 bridgehead atoms. The van der Waals surface area contributed by atoms with Gasteiger partial charge in [0.2, 0.25) is 0 Å². The van der Waals surface area contributed by atoms with Crippen molar-refractivity contribution in [3.05, 3.63) is 169 Å². The van der Waals surface area contributed by atoms with E-state index in [2.05, 4.69) is 172 Å². The Morgan fingerprint density at radius 1 is 0.273 bits per heavy atom. The van der Waals surface area contributed by atoms with Gasteiger partial charge in [-0.1, -0.05) is 145 Å². The molecule has 0 fully saturated rings. The minimum atomic E-state index is 1.23. The third kappa shape index (κ3) is 4.57. The largest absolute Gasteiger partial charge is 0.0616 e. The van der Waals surface area contributed by atoms with Gasteiger partial charge in [0.25, 0.3) is 0 Å². The summed E-state index contributed by atoms with van der Waals surface area (Å²) in [5.41, 5.74) is 12.5. The number of fused-ring (bicyclic) bond motifs is 3. The molecule has 0 aliphatic carbocycles. The number of hydrogen-bond donors (Lipinski definition) is 0. The molecular formula is C44H32. The van der Waals surface area contributed by atoms with E-state index in [1.54, 1.807) is 0 Å². The molecule has 0 saturated heterocycles. The van der Waals surface area contributed by atoms with Crippen molar-refractivity contribution in [3.63, 3.8) is 0 Å². The Bertz CT molecular complexity index is 2230. The number of hydrogen-bond acceptors (Lipinski definition) is 0. The molecule has 208 valence electrons. The molecule has 0 unspecified atom stereocenters. The molecule has 0 saturated carbocycles. The van der Waals surface area contributed by atoms with E-state index in [0.717, 1.165) is 0 Å². The van der Waals surface area contributed by atoms with Crippen molar-refractivity contribution < 1.29 is 0 Å². The maximum atomic E-state index is 2.39. The molecular weight excluding hydrogens is 528 g/mol. The van der Waals surface area contributed by atoms with E-state index in [4.69, 9.17) is 0 Å². The Morgan fingerprint density at radius 3 is 1.25 bits per heavy atom. The van der Waals surface area contributed by atoms with Gasteiger partial charge in [-0.2, -0.15) is 0 Å². The first-order valence-corrected chi connectivity index (χ1v) is 15.3. The predicted molar refractivity (Wildman–Crippen MR) is 190 cm³/mol. The monoisotopic (exact) mass is 560 g/mol. The average molecular weight is 561 g/mol. The van der Waals surface area contributed by atoms with E-state index in [9.17, 15) is 0 Å². The van der Waals surface area contributed by atoms with Crippen molar-refractivity contribution in [1.29, 1.82) is 0 Å². The SMILES string of the molecule is Cc1cccc(-c2cc(-c3cccc(C)c3)cc(-c3c4ccccc4c(-c4ccc5ccccc5c4)c4ccccc34)c2)c1. The lowest BCUT2D eigenvalue weighted by atomic mass is 9.84. The molecule has 8 aromatic carbocycles. The molecule has 0 nitrogen and oxygen atoms in total. The highest BCUT2D eigenvalue weighted by atomic mass is 14.2. The summed E-state index contributed by atoms with van der Waals surface area (Å²) in [6, 6.07) is 58.2. The fourth-order valence-corrected chi connectivity index (χ4v) is 6.85. The minimum Gasteiger partial charge on any atom is -0.0616 e. The van der Waals surface area contributed by atoms with Crippen LogP contribution >= 0.6 is 0 Å².